The summed E-state index contributed by atoms with van der Waals surface area (Å²) < 4.78 is 0. The van der Waals surface area contributed by atoms with E-state index < -0.39 is 5.54 Å². The standard InChI is InChI=1S/C11H16N4O2/c1-11(2,12)10(17)14-7-9(16)15-8-4-3-5-13-6-8/h3-6H,7,12H2,1-2H3,(H,14,17)(H,15,16). The van der Waals surface area contributed by atoms with E-state index >= 15 is 0 Å². The largest absolute Gasteiger partial charge is 0.345 e. The molecule has 0 aliphatic carbocycles. The van der Waals surface area contributed by atoms with Crippen LogP contribution in [0.1, 0.15) is 13.8 Å². The van der Waals surface area contributed by atoms with E-state index in [-0.39, 0.29) is 18.4 Å². The Morgan fingerprint density at radius 2 is 2.18 bits per heavy atom. The van der Waals surface area contributed by atoms with Gasteiger partial charge in [0.15, 0.2) is 0 Å². The van der Waals surface area contributed by atoms with E-state index in [1.807, 2.05) is 0 Å². The van der Waals surface area contributed by atoms with Crippen LogP contribution >= 0.6 is 0 Å². The van der Waals surface area contributed by atoms with Gasteiger partial charge in [-0.2, -0.15) is 0 Å². The molecule has 1 heterocycles. The number of rotatable bonds is 4. The molecule has 0 unspecified atom stereocenters. The Labute approximate surface area is 99.6 Å². The van der Waals surface area contributed by atoms with Gasteiger partial charge in [0.05, 0.1) is 24.0 Å². The molecule has 0 saturated carbocycles. The quantitative estimate of drug-likeness (QED) is 0.678. The Hall–Kier alpha value is -1.95. The van der Waals surface area contributed by atoms with Crippen LogP contribution in [0.25, 0.3) is 0 Å². The van der Waals surface area contributed by atoms with Crippen molar-refractivity contribution in [3.63, 3.8) is 0 Å². The molecule has 4 N–H and O–H groups in total. The number of aromatic nitrogens is 1. The summed E-state index contributed by atoms with van der Waals surface area (Å²) in [6.07, 6.45) is 3.13. The minimum absolute atomic E-state index is 0.117. The predicted octanol–water partition coefficient (Wildman–Crippen LogP) is -0.126. The van der Waals surface area contributed by atoms with E-state index in [9.17, 15) is 9.59 Å². The molecule has 1 aromatic heterocycles. The molecule has 6 heteroatoms. The molecule has 92 valence electrons. The smallest absolute Gasteiger partial charge is 0.243 e. The predicted molar refractivity (Wildman–Crippen MR) is 64.1 cm³/mol. The number of hydrogen-bond acceptors (Lipinski definition) is 4. The van der Waals surface area contributed by atoms with E-state index in [0.717, 1.165) is 0 Å². The van der Waals surface area contributed by atoms with E-state index in [4.69, 9.17) is 5.73 Å². The molecule has 2 amide bonds. The highest BCUT2D eigenvalue weighted by Crippen LogP contribution is 2.01. The van der Waals surface area contributed by atoms with Crippen LogP contribution in [0.3, 0.4) is 0 Å². The van der Waals surface area contributed by atoms with Crippen molar-refractivity contribution in [1.29, 1.82) is 0 Å². The zero-order valence-electron chi connectivity index (χ0n) is 9.86. The SMILES string of the molecule is CC(C)(N)C(=O)NCC(=O)Nc1cccnc1. The van der Waals surface area contributed by atoms with Gasteiger partial charge in [0.1, 0.15) is 0 Å². The number of nitrogens with one attached hydrogen (secondary N) is 2. The fraction of sp³-hybridized carbons (Fsp3) is 0.364. The monoisotopic (exact) mass is 236 g/mol. The van der Waals surface area contributed by atoms with Gasteiger partial charge in [0.25, 0.3) is 0 Å². The van der Waals surface area contributed by atoms with E-state index in [1.54, 1.807) is 32.2 Å². The van der Waals surface area contributed by atoms with Gasteiger partial charge in [-0.05, 0) is 26.0 Å². The third-order valence-corrected chi connectivity index (χ3v) is 1.94. The maximum absolute atomic E-state index is 11.4. The van der Waals surface area contributed by atoms with Crippen molar-refractivity contribution in [2.45, 2.75) is 19.4 Å². The molecule has 0 spiro atoms. The Morgan fingerprint density at radius 1 is 1.47 bits per heavy atom. The Kier molecular flexibility index (Phi) is 4.17. The highest BCUT2D eigenvalue weighted by atomic mass is 16.2. The highest BCUT2D eigenvalue weighted by molar-refractivity contribution is 5.95. The normalized spacial score (nSPS) is 10.8. The molecule has 0 aliphatic heterocycles. The van der Waals surface area contributed by atoms with Crippen LogP contribution in [-0.2, 0) is 9.59 Å². The molecule has 1 aromatic rings. The molecule has 6 nitrogen and oxygen atoms in total. The van der Waals surface area contributed by atoms with Gasteiger partial charge in [0, 0.05) is 6.20 Å². The van der Waals surface area contributed by atoms with Crippen molar-refractivity contribution < 1.29 is 9.59 Å². The molecule has 0 radical (unpaired) electrons. The average Bonchev–Trinajstić information content (AvgIpc) is 2.26. The summed E-state index contributed by atoms with van der Waals surface area (Å²) in [5, 5.41) is 5.04. The van der Waals surface area contributed by atoms with Gasteiger partial charge in [-0.1, -0.05) is 0 Å². The Morgan fingerprint density at radius 3 is 2.71 bits per heavy atom. The summed E-state index contributed by atoms with van der Waals surface area (Å²) in [4.78, 5) is 26.7. The molecule has 0 atom stereocenters. The van der Waals surface area contributed by atoms with E-state index in [0.29, 0.717) is 5.69 Å². The molecule has 0 fully saturated rings. The second kappa shape index (κ2) is 5.40. The third-order valence-electron chi connectivity index (χ3n) is 1.94. The van der Waals surface area contributed by atoms with Gasteiger partial charge in [-0.15, -0.1) is 0 Å². The number of anilines is 1. The van der Waals surface area contributed by atoms with Gasteiger partial charge in [-0.25, -0.2) is 0 Å². The van der Waals surface area contributed by atoms with Crippen LogP contribution < -0.4 is 16.4 Å². The minimum Gasteiger partial charge on any atom is -0.345 e. The zero-order chi connectivity index (χ0) is 12.9. The second-order valence-corrected chi connectivity index (χ2v) is 4.19. The second-order valence-electron chi connectivity index (χ2n) is 4.19. The third kappa shape index (κ3) is 4.60. The lowest BCUT2D eigenvalue weighted by molar-refractivity contribution is -0.127. The molecule has 0 aliphatic rings. The number of hydrogen-bond donors (Lipinski definition) is 3. The van der Waals surface area contributed by atoms with Crippen molar-refractivity contribution in [3.8, 4) is 0 Å². The highest BCUT2D eigenvalue weighted by Gasteiger charge is 2.21. The van der Waals surface area contributed by atoms with Crippen molar-refractivity contribution in [3.05, 3.63) is 24.5 Å². The van der Waals surface area contributed by atoms with Crippen LogP contribution in [0.15, 0.2) is 24.5 Å². The Balaban J connectivity index is 2.39. The molecule has 1 rings (SSSR count). The van der Waals surface area contributed by atoms with E-state index in [1.165, 1.54) is 6.20 Å². The molecule has 0 bridgehead atoms. The van der Waals surface area contributed by atoms with Crippen molar-refractivity contribution in [2.24, 2.45) is 5.73 Å². The van der Waals surface area contributed by atoms with Gasteiger partial charge in [0.2, 0.25) is 11.8 Å². The first kappa shape index (κ1) is 13.1. The zero-order valence-corrected chi connectivity index (χ0v) is 9.86. The number of carbonyl (C=O) groups is 2. The summed E-state index contributed by atoms with van der Waals surface area (Å²) in [7, 11) is 0. The van der Waals surface area contributed by atoms with Crippen LogP contribution in [0, 0.1) is 0 Å². The topological polar surface area (TPSA) is 97.1 Å². The number of pyridine rings is 1. The van der Waals surface area contributed by atoms with Crippen molar-refractivity contribution in [2.75, 3.05) is 11.9 Å². The first-order valence-electron chi connectivity index (χ1n) is 5.16. The van der Waals surface area contributed by atoms with Crippen LogP contribution in [-0.4, -0.2) is 28.9 Å². The summed E-state index contributed by atoms with van der Waals surface area (Å²) in [6, 6.07) is 3.41. The first-order valence-corrected chi connectivity index (χ1v) is 5.16. The van der Waals surface area contributed by atoms with Crippen molar-refractivity contribution >= 4 is 17.5 Å². The van der Waals surface area contributed by atoms with Crippen molar-refractivity contribution in [1.82, 2.24) is 10.3 Å². The number of nitrogens with two attached hydrogens (primary N) is 1. The average molecular weight is 236 g/mol. The number of amides is 2. The van der Waals surface area contributed by atoms with Gasteiger partial charge < -0.3 is 16.4 Å². The van der Waals surface area contributed by atoms with Gasteiger partial charge >= 0.3 is 0 Å². The molecular weight excluding hydrogens is 220 g/mol. The summed E-state index contributed by atoms with van der Waals surface area (Å²) in [5.41, 5.74) is 5.15. The summed E-state index contributed by atoms with van der Waals surface area (Å²) in [6.45, 7) is 3.02. The lowest BCUT2D eigenvalue weighted by Gasteiger charge is -2.17. The van der Waals surface area contributed by atoms with E-state index in [2.05, 4.69) is 15.6 Å². The molecule has 0 aromatic carbocycles. The number of carbonyl (C=O) groups excluding carboxylic acids is 2. The molecular formula is C11H16N4O2. The fourth-order valence-electron chi connectivity index (χ4n) is 1.03. The fourth-order valence-corrected chi connectivity index (χ4v) is 1.03. The van der Waals surface area contributed by atoms with Crippen LogP contribution in [0.2, 0.25) is 0 Å². The summed E-state index contributed by atoms with van der Waals surface area (Å²) in [5.74, 6) is -0.700. The maximum Gasteiger partial charge on any atom is 0.243 e. The minimum atomic E-state index is -0.991. The molecule has 0 saturated heterocycles. The van der Waals surface area contributed by atoms with Crippen LogP contribution in [0.5, 0.6) is 0 Å². The maximum atomic E-state index is 11.4. The number of nitrogens with zero attached hydrogens (tertiary/aromatic N) is 1. The Bertz CT molecular complexity index is 398. The van der Waals surface area contributed by atoms with Gasteiger partial charge in [-0.3, -0.25) is 14.6 Å². The first-order chi connectivity index (χ1) is 7.89. The summed E-state index contributed by atoms with van der Waals surface area (Å²) >= 11 is 0. The molecule has 17 heavy (non-hydrogen) atoms. The van der Waals surface area contributed by atoms with Crippen LogP contribution in [0.4, 0.5) is 5.69 Å². The lowest BCUT2D eigenvalue weighted by atomic mass is 10.1. The lowest BCUT2D eigenvalue weighted by Crippen LogP contribution is -2.50.